The fraction of sp³-hybridized carbons (Fsp3) is 0. The highest BCUT2D eigenvalue weighted by Crippen LogP contribution is 2.12. The summed E-state index contributed by atoms with van der Waals surface area (Å²) < 4.78 is 0. The first-order chi connectivity index (χ1) is 7.13. The SMILES string of the molecule is NC(C=Cc1ccc([N+](=O)[O-])cc1)=NO. The predicted molar refractivity (Wildman–Crippen MR) is 55.5 cm³/mol. The first-order valence-electron chi connectivity index (χ1n) is 4.03. The van der Waals surface area contributed by atoms with Gasteiger partial charge < -0.3 is 10.9 Å². The van der Waals surface area contributed by atoms with E-state index in [0.29, 0.717) is 0 Å². The Labute approximate surface area is 85.5 Å². The molecule has 0 aliphatic heterocycles. The van der Waals surface area contributed by atoms with Crippen LogP contribution in [-0.2, 0) is 0 Å². The lowest BCUT2D eigenvalue weighted by Gasteiger charge is -1.93. The van der Waals surface area contributed by atoms with Gasteiger partial charge in [0.15, 0.2) is 5.84 Å². The largest absolute Gasteiger partial charge is 0.409 e. The van der Waals surface area contributed by atoms with Crippen molar-refractivity contribution >= 4 is 17.6 Å². The van der Waals surface area contributed by atoms with Gasteiger partial charge in [0.2, 0.25) is 0 Å². The molecule has 0 aliphatic carbocycles. The normalized spacial score (nSPS) is 11.9. The molecule has 1 aromatic carbocycles. The zero-order chi connectivity index (χ0) is 11.3. The van der Waals surface area contributed by atoms with Gasteiger partial charge in [-0.2, -0.15) is 0 Å². The van der Waals surface area contributed by atoms with Crippen molar-refractivity contribution in [2.75, 3.05) is 0 Å². The van der Waals surface area contributed by atoms with Gasteiger partial charge in [0, 0.05) is 12.1 Å². The molecule has 0 radical (unpaired) electrons. The number of hydrogen-bond donors (Lipinski definition) is 2. The van der Waals surface area contributed by atoms with Crippen molar-refractivity contribution in [3.05, 3.63) is 46.0 Å². The number of amidine groups is 1. The summed E-state index contributed by atoms with van der Waals surface area (Å²) in [5.41, 5.74) is 5.96. The lowest BCUT2D eigenvalue weighted by Crippen LogP contribution is -2.06. The van der Waals surface area contributed by atoms with Crippen LogP contribution in [0.15, 0.2) is 35.5 Å². The third-order valence-electron chi connectivity index (χ3n) is 1.67. The van der Waals surface area contributed by atoms with E-state index in [0.717, 1.165) is 5.56 Å². The monoisotopic (exact) mass is 207 g/mol. The van der Waals surface area contributed by atoms with Crippen molar-refractivity contribution in [2.24, 2.45) is 10.9 Å². The molecule has 0 atom stereocenters. The number of hydrogen-bond acceptors (Lipinski definition) is 4. The summed E-state index contributed by atoms with van der Waals surface area (Å²) in [6, 6.07) is 5.90. The smallest absolute Gasteiger partial charge is 0.269 e. The molecular weight excluding hydrogens is 198 g/mol. The van der Waals surface area contributed by atoms with Crippen LogP contribution in [0.25, 0.3) is 6.08 Å². The number of benzene rings is 1. The minimum atomic E-state index is -0.475. The zero-order valence-corrected chi connectivity index (χ0v) is 7.70. The Hall–Kier alpha value is -2.37. The first kappa shape index (κ1) is 10.7. The van der Waals surface area contributed by atoms with Crippen molar-refractivity contribution < 1.29 is 10.1 Å². The van der Waals surface area contributed by atoms with Crippen LogP contribution in [0.1, 0.15) is 5.56 Å². The number of nitro groups is 1. The molecule has 0 saturated carbocycles. The van der Waals surface area contributed by atoms with Crippen LogP contribution in [0, 0.1) is 10.1 Å². The van der Waals surface area contributed by atoms with E-state index in [1.165, 1.54) is 18.2 Å². The van der Waals surface area contributed by atoms with Crippen LogP contribution in [-0.4, -0.2) is 16.0 Å². The average Bonchev–Trinajstić information content (AvgIpc) is 2.26. The summed E-state index contributed by atoms with van der Waals surface area (Å²) in [6.45, 7) is 0. The molecule has 0 heterocycles. The van der Waals surface area contributed by atoms with Gasteiger partial charge in [-0.05, 0) is 23.8 Å². The van der Waals surface area contributed by atoms with E-state index < -0.39 is 4.92 Å². The number of non-ortho nitro benzene ring substituents is 1. The number of nitrogens with two attached hydrogens (primary N) is 1. The van der Waals surface area contributed by atoms with Crippen molar-refractivity contribution in [2.45, 2.75) is 0 Å². The molecule has 15 heavy (non-hydrogen) atoms. The van der Waals surface area contributed by atoms with Crippen LogP contribution in [0.4, 0.5) is 5.69 Å². The number of oxime groups is 1. The van der Waals surface area contributed by atoms with Crippen molar-refractivity contribution in [1.82, 2.24) is 0 Å². The molecule has 78 valence electrons. The summed E-state index contributed by atoms with van der Waals surface area (Å²) in [5.74, 6) is -0.0339. The van der Waals surface area contributed by atoms with Crippen LogP contribution in [0.5, 0.6) is 0 Å². The molecule has 0 spiro atoms. The summed E-state index contributed by atoms with van der Waals surface area (Å²) in [6.07, 6.45) is 2.97. The van der Waals surface area contributed by atoms with Crippen LogP contribution < -0.4 is 5.73 Å². The van der Waals surface area contributed by atoms with Gasteiger partial charge in [0.1, 0.15) is 0 Å². The van der Waals surface area contributed by atoms with Gasteiger partial charge in [0.05, 0.1) is 4.92 Å². The Bertz CT molecular complexity index is 409. The van der Waals surface area contributed by atoms with E-state index in [-0.39, 0.29) is 11.5 Å². The van der Waals surface area contributed by atoms with Crippen molar-refractivity contribution in [3.8, 4) is 0 Å². The van der Waals surface area contributed by atoms with E-state index >= 15 is 0 Å². The van der Waals surface area contributed by atoms with Crippen molar-refractivity contribution in [3.63, 3.8) is 0 Å². The standard InChI is InChI=1S/C9H9N3O3/c10-9(11-13)6-3-7-1-4-8(5-2-7)12(14)15/h1-6,13H,(H2,10,11). The quantitative estimate of drug-likeness (QED) is 0.257. The lowest BCUT2D eigenvalue weighted by atomic mass is 10.2. The molecule has 3 N–H and O–H groups in total. The van der Waals surface area contributed by atoms with Gasteiger partial charge in [-0.3, -0.25) is 10.1 Å². The summed E-state index contributed by atoms with van der Waals surface area (Å²) in [4.78, 5) is 9.86. The maximum atomic E-state index is 10.3. The van der Waals surface area contributed by atoms with E-state index in [4.69, 9.17) is 10.9 Å². The fourth-order valence-corrected chi connectivity index (χ4v) is 0.922. The molecule has 0 unspecified atom stereocenters. The maximum absolute atomic E-state index is 10.3. The van der Waals surface area contributed by atoms with Gasteiger partial charge in [-0.1, -0.05) is 11.2 Å². The van der Waals surface area contributed by atoms with Gasteiger partial charge in [-0.15, -0.1) is 0 Å². The highest BCUT2D eigenvalue weighted by molar-refractivity contribution is 5.94. The third-order valence-corrected chi connectivity index (χ3v) is 1.67. The van der Waals surface area contributed by atoms with Crippen molar-refractivity contribution in [1.29, 1.82) is 0 Å². The molecule has 6 nitrogen and oxygen atoms in total. The molecule has 6 heteroatoms. The molecule has 0 amide bonds. The van der Waals surface area contributed by atoms with Gasteiger partial charge in [0.25, 0.3) is 5.69 Å². The molecule has 0 aliphatic rings. The van der Waals surface area contributed by atoms with Crippen LogP contribution in [0.2, 0.25) is 0 Å². The topological polar surface area (TPSA) is 102 Å². The molecule has 0 fully saturated rings. The zero-order valence-electron chi connectivity index (χ0n) is 7.70. The third kappa shape index (κ3) is 3.11. The highest BCUT2D eigenvalue weighted by Gasteiger charge is 2.01. The molecule has 0 saturated heterocycles. The Kier molecular flexibility index (Phi) is 3.39. The minimum Gasteiger partial charge on any atom is -0.409 e. The highest BCUT2D eigenvalue weighted by atomic mass is 16.6. The summed E-state index contributed by atoms with van der Waals surface area (Å²) >= 11 is 0. The summed E-state index contributed by atoms with van der Waals surface area (Å²) in [7, 11) is 0. The number of nitro benzene ring substituents is 1. The van der Waals surface area contributed by atoms with E-state index in [9.17, 15) is 10.1 Å². The Morgan fingerprint density at radius 3 is 2.53 bits per heavy atom. The second-order valence-electron chi connectivity index (χ2n) is 2.71. The second kappa shape index (κ2) is 4.75. The molecular formula is C9H9N3O3. The average molecular weight is 207 g/mol. The van der Waals surface area contributed by atoms with Crippen LogP contribution in [0.3, 0.4) is 0 Å². The second-order valence-corrected chi connectivity index (χ2v) is 2.71. The Balaban J connectivity index is 2.81. The van der Waals surface area contributed by atoms with E-state index in [1.54, 1.807) is 18.2 Å². The molecule has 1 aromatic rings. The molecule has 0 bridgehead atoms. The Morgan fingerprint density at radius 2 is 2.07 bits per heavy atom. The predicted octanol–water partition coefficient (Wildman–Crippen LogP) is 1.35. The molecule has 0 aromatic heterocycles. The number of nitrogens with zero attached hydrogens (tertiary/aromatic N) is 2. The number of rotatable bonds is 3. The van der Waals surface area contributed by atoms with Gasteiger partial charge in [-0.25, -0.2) is 0 Å². The fourth-order valence-electron chi connectivity index (χ4n) is 0.922. The first-order valence-corrected chi connectivity index (χ1v) is 4.03. The lowest BCUT2D eigenvalue weighted by molar-refractivity contribution is -0.384. The Morgan fingerprint density at radius 1 is 1.47 bits per heavy atom. The minimum absolute atomic E-state index is 0.0240. The van der Waals surface area contributed by atoms with E-state index in [2.05, 4.69) is 5.16 Å². The van der Waals surface area contributed by atoms with Gasteiger partial charge >= 0.3 is 0 Å². The molecule has 1 rings (SSSR count). The summed E-state index contributed by atoms with van der Waals surface area (Å²) in [5, 5.41) is 21.3. The van der Waals surface area contributed by atoms with Crippen LogP contribution >= 0.6 is 0 Å². The maximum Gasteiger partial charge on any atom is 0.269 e. The van der Waals surface area contributed by atoms with E-state index in [1.807, 2.05) is 0 Å².